The molecule has 0 aliphatic carbocycles. The third-order valence-electron chi connectivity index (χ3n) is 4.11. The molecule has 4 rings (SSSR count). The lowest BCUT2D eigenvalue weighted by Crippen LogP contribution is -1.96. The second kappa shape index (κ2) is 4.85. The van der Waals surface area contributed by atoms with Gasteiger partial charge in [-0.1, -0.05) is 12.1 Å². The van der Waals surface area contributed by atoms with Crippen LogP contribution >= 0.6 is 0 Å². The number of nitrogens with zero attached hydrogens (tertiary/aromatic N) is 2. The van der Waals surface area contributed by atoms with Crippen LogP contribution in [-0.2, 0) is 13.0 Å². The first-order valence-electron chi connectivity index (χ1n) is 7.22. The molecule has 0 amide bonds. The highest BCUT2D eigenvalue weighted by atomic mass is 19.1. The summed E-state index contributed by atoms with van der Waals surface area (Å²) in [5.74, 6) is -0.198. The molecule has 0 fully saturated rings. The number of halogens is 1. The van der Waals surface area contributed by atoms with Gasteiger partial charge in [-0.05, 0) is 48.7 Å². The van der Waals surface area contributed by atoms with Crippen LogP contribution in [0.4, 0.5) is 4.39 Å². The fraction of sp³-hybridized carbons (Fsp3) is 0.167. The smallest absolute Gasteiger partial charge is 0.123 e. The van der Waals surface area contributed by atoms with Crippen LogP contribution in [0.5, 0.6) is 0 Å². The molecule has 3 heteroatoms. The van der Waals surface area contributed by atoms with Gasteiger partial charge in [0.25, 0.3) is 0 Å². The van der Waals surface area contributed by atoms with Crippen molar-refractivity contribution in [1.82, 2.24) is 9.55 Å². The number of benzene rings is 1. The standard InChI is InChI=1S/C18H15FN2/c19-15-5-3-13(4-6-15)17-12-16-2-1-11-21(16)18(17)14-7-9-20-10-8-14/h3-10,12H,1-2,11H2. The molecule has 0 unspecified atom stereocenters. The van der Waals surface area contributed by atoms with Gasteiger partial charge in [-0.25, -0.2) is 4.39 Å². The number of hydrogen-bond acceptors (Lipinski definition) is 1. The Hall–Kier alpha value is -2.42. The quantitative estimate of drug-likeness (QED) is 0.683. The molecule has 2 aromatic heterocycles. The maximum Gasteiger partial charge on any atom is 0.123 e. The Labute approximate surface area is 122 Å². The molecule has 0 radical (unpaired) electrons. The van der Waals surface area contributed by atoms with Crippen LogP contribution in [0.15, 0.2) is 54.9 Å². The molecule has 2 nitrogen and oxygen atoms in total. The molecular formula is C18H15FN2. The van der Waals surface area contributed by atoms with E-state index in [1.165, 1.54) is 35.5 Å². The Morgan fingerprint density at radius 2 is 1.71 bits per heavy atom. The van der Waals surface area contributed by atoms with E-state index in [2.05, 4.69) is 15.6 Å². The van der Waals surface area contributed by atoms with Crippen molar-refractivity contribution in [2.24, 2.45) is 0 Å². The highest BCUT2D eigenvalue weighted by Gasteiger charge is 2.21. The van der Waals surface area contributed by atoms with Crippen molar-refractivity contribution in [3.63, 3.8) is 0 Å². The Kier molecular flexibility index (Phi) is 2.85. The fourth-order valence-electron chi connectivity index (χ4n) is 3.15. The number of aromatic nitrogens is 2. The van der Waals surface area contributed by atoms with Gasteiger partial charge < -0.3 is 4.57 Å². The lowest BCUT2D eigenvalue weighted by Gasteiger charge is -2.10. The van der Waals surface area contributed by atoms with Gasteiger partial charge in [0.05, 0.1) is 5.69 Å². The zero-order valence-electron chi connectivity index (χ0n) is 11.6. The van der Waals surface area contributed by atoms with E-state index in [-0.39, 0.29) is 5.82 Å². The summed E-state index contributed by atoms with van der Waals surface area (Å²) in [5.41, 5.74) is 5.98. The molecule has 1 aliphatic rings. The van der Waals surface area contributed by atoms with Gasteiger partial charge in [0.15, 0.2) is 0 Å². The first kappa shape index (κ1) is 12.3. The molecule has 0 atom stereocenters. The van der Waals surface area contributed by atoms with Crippen molar-refractivity contribution >= 4 is 0 Å². The highest BCUT2D eigenvalue weighted by Crippen LogP contribution is 2.37. The topological polar surface area (TPSA) is 17.8 Å². The maximum atomic E-state index is 13.2. The SMILES string of the molecule is Fc1ccc(-c2cc3n(c2-c2ccncc2)CCC3)cc1. The Balaban J connectivity index is 1.94. The van der Waals surface area contributed by atoms with Crippen molar-refractivity contribution in [1.29, 1.82) is 0 Å². The van der Waals surface area contributed by atoms with Gasteiger partial charge in [-0.3, -0.25) is 4.98 Å². The molecule has 0 saturated heterocycles. The zero-order valence-corrected chi connectivity index (χ0v) is 11.6. The first-order valence-corrected chi connectivity index (χ1v) is 7.22. The predicted octanol–water partition coefficient (Wildman–Crippen LogP) is 4.30. The van der Waals surface area contributed by atoms with Crippen molar-refractivity contribution in [2.45, 2.75) is 19.4 Å². The van der Waals surface area contributed by atoms with Gasteiger partial charge in [-0.15, -0.1) is 0 Å². The fourth-order valence-corrected chi connectivity index (χ4v) is 3.15. The van der Waals surface area contributed by atoms with E-state index >= 15 is 0 Å². The molecule has 1 aromatic carbocycles. The monoisotopic (exact) mass is 278 g/mol. The van der Waals surface area contributed by atoms with Crippen LogP contribution in [0.3, 0.4) is 0 Å². The first-order chi connectivity index (χ1) is 10.3. The lowest BCUT2D eigenvalue weighted by atomic mass is 10.0. The van der Waals surface area contributed by atoms with E-state index in [0.29, 0.717) is 0 Å². The van der Waals surface area contributed by atoms with Crippen LogP contribution in [0.25, 0.3) is 22.4 Å². The molecule has 0 saturated carbocycles. The third kappa shape index (κ3) is 2.05. The van der Waals surface area contributed by atoms with E-state index in [4.69, 9.17) is 0 Å². The minimum absolute atomic E-state index is 0.198. The van der Waals surface area contributed by atoms with E-state index in [9.17, 15) is 4.39 Å². The largest absolute Gasteiger partial charge is 0.344 e. The summed E-state index contributed by atoms with van der Waals surface area (Å²) >= 11 is 0. The van der Waals surface area contributed by atoms with E-state index in [0.717, 1.165) is 24.1 Å². The maximum absolute atomic E-state index is 13.2. The summed E-state index contributed by atoms with van der Waals surface area (Å²) in [6.07, 6.45) is 5.94. The molecule has 0 spiro atoms. The van der Waals surface area contributed by atoms with Crippen molar-refractivity contribution in [3.05, 3.63) is 66.4 Å². The van der Waals surface area contributed by atoms with Crippen LogP contribution in [0.2, 0.25) is 0 Å². The summed E-state index contributed by atoms with van der Waals surface area (Å²) in [7, 11) is 0. The van der Waals surface area contributed by atoms with Gasteiger partial charge >= 0.3 is 0 Å². The summed E-state index contributed by atoms with van der Waals surface area (Å²) in [4.78, 5) is 4.10. The minimum atomic E-state index is -0.198. The summed E-state index contributed by atoms with van der Waals surface area (Å²) in [6.45, 7) is 1.05. The average Bonchev–Trinajstić information content (AvgIpc) is 3.09. The normalized spacial score (nSPS) is 13.4. The van der Waals surface area contributed by atoms with Crippen molar-refractivity contribution < 1.29 is 4.39 Å². The van der Waals surface area contributed by atoms with Crippen LogP contribution in [0.1, 0.15) is 12.1 Å². The summed E-state index contributed by atoms with van der Waals surface area (Å²) in [5, 5.41) is 0. The Bertz CT molecular complexity index is 773. The molecule has 21 heavy (non-hydrogen) atoms. The summed E-state index contributed by atoms with van der Waals surface area (Å²) < 4.78 is 15.6. The molecular weight excluding hydrogens is 263 g/mol. The number of aryl methyl sites for hydroxylation is 1. The molecule has 0 bridgehead atoms. The average molecular weight is 278 g/mol. The number of fused-ring (bicyclic) bond motifs is 1. The van der Waals surface area contributed by atoms with Crippen LogP contribution < -0.4 is 0 Å². The molecule has 3 aromatic rings. The van der Waals surface area contributed by atoms with Gasteiger partial charge in [0, 0.05) is 35.8 Å². The summed E-state index contributed by atoms with van der Waals surface area (Å²) in [6, 6.07) is 13.1. The lowest BCUT2D eigenvalue weighted by molar-refractivity contribution is 0.628. The number of hydrogen-bond donors (Lipinski definition) is 0. The third-order valence-corrected chi connectivity index (χ3v) is 4.11. The van der Waals surface area contributed by atoms with Crippen LogP contribution in [-0.4, -0.2) is 9.55 Å². The minimum Gasteiger partial charge on any atom is -0.344 e. The highest BCUT2D eigenvalue weighted by molar-refractivity contribution is 5.82. The number of rotatable bonds is 2. The van der Waals surface area contributed by atoms with E-state index in [1.54, 1.807) is 0 Å². The van der Waals surface area contributed by atoms with Crippen LogP contribution in [0, 0.1) is 5.82 Å². The van der Waals surface area contributed by atoms with Gasteiger partial charge in [-0.2, -0.15) is 0 Å². The van der Waals surface area contributed by atoms with Gasteiger partial charge in [0.1, 0.15) is 5.82 Å². The van der Waals surface area contributed by atoms with E-state index in [1.807, 2.05) is 36.7 Å². The molecule has 104 valence electrons. The Morgan fingerprint density at radius 1 is 0.952 bits per heavy atom. The second-order valence-corrected chi connectivity index (χ2v) is 5.40. The number of pyridine rings is 1. The van der Waals surface area contributed by atoms with Crippen molar-refractivity contribution in [3.8, 4) is 22.4 Å². The molecule has 0 N–H and O–H groups in total. The molecule has 1 aliphatic heterocycles. The predicted molar refractivity (Wildman–Crippen MR) is 81.4 cm³/mol. The molecule has 3 heterocycles. The Morgan fingerprint density at radius 3 is 2.48 bits per heavy atom. The van der Waals surface area contributed by atoms with Gasteiger partial charge in [0.2, 0.25) is 0 Å². The van der Waals surface area contributed by atoms with Crippen molar-refractivity contribution in [2.75, 3.05) is 0 Å². The van der Waals surface area contributed by atoms with E-state index < -0.39 is 0 Å². The zero-order chi connectivity index (χ0) is 14.2. The second-order valence-electron chi connectivity index (χ2n) is 5.40.